The lowest BCUT2D eigenvalue weighted by Crippen LogP contribution is -2.39. The van der Waals surface area contributed by atoms with Gasteiger partial charge in [-0.1, -0.05) is 0 Å². The maximum atomic E-state index is 12.7. The van der Waals surface area contributed by atoms with Crippen LogP contribution in [0, 0.1) is 0 Å². The Balaban J connectivity index is 2.15. The second-order valence-corrected chi connectivity index (χ2v) is 8.30. The molecule has 0 spiro atoms. The van der Waals surface area contributed by atoms with Crippen LogP contribution in [0.5, 0.6) is 11.5 Å². The number of carbonyl (C=O) groups excluding carboxylic acids is 1. The highest BCUT2D eigenvalue weighted by Gasteiger charge is 2.27. The molecule has 1 aliphatic heterocycles. The van der Waals surface area contributed by atoms with E-state index in [1.807, 2.05) is 4.90 Å². The van der Waals surface area contributed by atoms with Crippen molar-refractivity contribution in [1.82, 2.24) is 9.29 Å². The molecular formula is C19H26N4O6S. The molecule has 1 aliphatic rings. The van der Waals surface area contributed by atoms with E-state index in [4.69, 9.17) is 19.3 Å². The van der Waals surface area contributed by atoms with Gasteiger partial charge in [0.05, 0.1) is 32.0 Å². The zero-order valence-corrected chi connectivity index (χ0v) is 18.1. The number of hydrogen-bond donors (Lipinski definition) is 1. The summed E-state index contributed by atoms with van der Waals surface area (Å²) in [6.07, 6.45) is 2.03. The Morgan fingerprint density at radius 1 is 1.13 bits per heavy atom. The Bertz CT molecular complexity index is 1040. The van der Waals surface area contributed by atoms with Crippen LogP contribution in [0.15, 0.2) is 18.3 Å². The van der Waals surface area contributed by atoms with E-state index < -0.39 is 16.2 Å². The lowest BCUT2D eigenvalue weighted by Gasteiger charge is -2.26. The van der Waals surface area contributed by atoms with Gasteiger partial charge in [0.1, 0.15) is 5.56 Å². The number of aromatic nitrogens is 1. The summed E-state index contributed by atoms with van der Waals surface area (Å²) in [6, 6.07) is 3.50. The van der Waals surface area contributed by atoms with Crippen LogP contribution < -0.4 is 19.5 Å². The van der Waals surface area contributed by atoms with E-state index >= 15 is 0 Å². The topological polar surface area (TPSA) is 124 Å². The highest BCUT2D eigenvalue weighted by atomic mass is 32.2. The maximum absolute atomic E-state index is 12.7. The van der Waals surface area contributed by atoms with Gasteiger partial charge in [0, 0.05) is 43.8 Å². The molecule has 0 atom stereocenters. The third-order valence-corrected chi connectivity index (χ3v) is 6.06. The number of pyridine rings is 1. The molecule has 0 unspecified atom stereocenters. The van der Waals surface area contributed by atoms with Crippen molar-refractivity contribution in [2.75, 3.05) is 51.9 Å². The van der Waals surface area contributed by atoms with Crippen LogP contribution in [0.25, 0.3) is 10.9 Å². The fraction of sp³-hybridized carbons (Fsp3) is 0.474. The van der Waals surface area contributed by atoms with Crippen LogP contribution >= 0.6 is 0 Å². The highest BCUT2D eigenvalue weighted by molar-refractivity contribution is 7.86. The first-order chi connectivity index (χ1) is 14.3. The summed E-state index contributed by atoms with van der Waals surface area (Å²) in [5.74, 6) is 0.517. The Labute approximate surface area is 175 Å². The van der Waals surface area contributed by atoms with Gasteiger partial charge in [-0.3, -0.25) is 4.98 Å². The van der Waals surface area contributed by atoms with Gasteiger partial charge < -0.3 is 19.1 Å². The van der Waals surface area contributed by atoms with Crippen LogP contribution in [-0.4, -0.2) is 70.7 Å². The van der Waals surface area contributed by atoms with E-state index in [0.717, 1.165) is 0 Å². The summed E-state index contributed by atoms with van der Waals surface area (Å²) >= 11 is 0. The van der Waals surface area contributed by atoms with Crippen molar-refractivity contribution < 1.29 is 27.4 Å². The van der Waals surface area contributed by atoms with Crippen LogP contribution in [0.3, 0.4) is 0 Å². The normalized spacial score (nSPS) is 15.7. The molecule has 11 heteroatoms. The lowest BCUT2D eigenvalue weighted by molar-refractivity contribution is 0.0526. The summed E-state index contributed by atoms with van der Waals surface area (Å²) in [7, 11) is -0.720. The monoisotopic (exact) mass is 438 g/mol. The number of anilines is 1. The third-order valence-electron chi connectivity index (χ3n) is 4.97. The molecule has 0 amide bonds. The van der Waals surface area contributed by atoms with Crippen molar-refractivity contribution >= 4 is 32.8 Å². The van der Waals surface area contributed by atoms with Gasteiger partial charge in [-0.15, -0.1) is 0 Å². The summed E-state index contributed by atoms with van der Waals surface area (Å²) in [6.45, 7) is 3.36. The number of methoxy groups -OCH3 is 2. The Morgan fingerprint density at radius 3 is 2.47 bits per heavy atom. The van der Waals surface area contributed by atoms with Gasteiger partial charge in [-0.05, 0) is 19.4 Å². The first-order valence-corrected chi connectivity index (χ1v) is 11.0. The van der Waals surface area contributed by atoms with Crippen molar-refractivity contribution in [2.45, 2.75) is 13.3 Å². The Morgan fingerprint density at radius 2 is 1.83 bits per heavy atom. The molecule has 1 fully saturated rings. The minimum absolute atomic E-state index is 0.207. The third kappa shape index (κ3) is 4.42. The van der Waals surface area contributed by atoms with E-state index in [1.54, 1.807) is 19.1 Å². The molecule has 0 bridgehead atoms. The van der Waals surface area contributed by atoms with Crippen LogP contribution in [0.1, 0.15) is 23.7 Å². The fourth-order valence-electron chi connectivity index (χ4n) is 3.58. The molecule has 1 aromatic carbocycles. The number of hydrogen-bond acceptors (Lipinski definition) is 8. The molecule has 2 N–H and O–H groups in total. The number of nitrogens with zero attached hydrogens (tertiary/aromatic N) is 3. The summed E-state index contributed by atoms with van der Waals surface area (Å²) in [4.78, 5) is 19.0. The maximum Gasteiger partial charge on any atom is 0.341 e. The molecule has 1 aromatic heterocycles. The second kappa shape index (κ2) is 9.02. The lowest BCUT2D eigenvalue weighted by atomic mass is 10.1. The number of nitrogens with two attached hydrogens (primary N) is 1. The highest BCUT2D eigenvalue weighted by Crippen LogP contribution is 2.38. The molecule has 0 radical (unpaired) electrons. The van der Waals surface area contributed by atoms with Gasteiger partial charge in [0.25, 0.3) is 10.2 Å². The second-order valence-electron chi connectivity index (χ2n) is 6.75. The molecule has 2 aromatic rings. The van der Waals surface area contributed by atoms with E-state index in [2.05, 4.69) is 4.98 Å². The van der Waals surface area contributed by atoms with Crippen molar-refractivity contribution in [3.05, 3.63) is 23.9 Å². The number of rotatable bonds is 6. The number of ether oxygens (including phenoxy) is 3. The minimum Gasteiger partial charge on any atom is -0.493 e. The largest absolute Gasteiger partial charge is 0.493 e. The number of carbonyl (C=O) groups is 1. The standard InChI is InChI=1S/C19H26N4O6S/c1-4-29-19(24)14-12-21-15-11-17(28-3)16(27-2)10-13(15)18(14)22-6-5-7-23(9-8-22)30(20,25)26/h10-12H,4-9H2,1-3H3,(H2,20,25,26). The minimum atomic E-state index is -3.79. The van der Waals surface area contributed by atoms with Gasteiger partial charge in [0.2, 0.25) is 0 Å². The molecule has 164 valence electrons. The number of benzene rings is 1. The van der Waals surface area contributed by atoms with Crippen LogP contribution in [0.4, 0.5) is 5.69 Å². The van der Waals surface area contributed by atoms with Gasteiger partial charge in [-0.25, -0.2) is 9.93 Å². The summed E-state index contributed by atoms with van der Waals surface area (Å²) in [5, 5.41) is 5.99. The predicted octanol–water partition coefficient (Wildman–Crippen LogP) is 1.14. The van der Waals surface area contributed by atoms with Gasteiger partial charge >= 0.3 is 5.97 Å². The molecule has 30 heavy (non-hydrogen) atoms. The average Bonchev–Trinajstić information content (AvgIpc) is 2.98. The average molecular weight is 439 g/mol. The van der Waals surface area contributed by atoms with Crippen molar-refractivity contribution in [2.24, 2.45) is 5.14 Å². The van der Waals surface area contributed by atoms with Gasteiger partial charge in [0.15, 0.2) is 11.5 Å². The predicted molar refractivity (Wildman–Crippen MR) is 112 cm³/mol. The summed E-state index contributed by atoms with van der Waals surface area (Å²) < 4.78 is 40.8. The first-order valence-electron chi connectivity index (χ1n) is 9.54. The SMILES string of the molecule is CCOC(=O)c1cnc2cc(OC)c(OC)cc2c1N1CCCN(S(N)(=O)=O)CC1. The number of fused-ring (bicyclic) bond motifs is 1. The Hall–Kier alpha value is -2.63. The molecule has 0 saturated carbocycles. The molecule has 1 saturated heterocycles. The van der Waals surface area contributed by atoms with E-state index in [9.17, 15) is 13.2 Å². The molecule has 2 heterocycles. The van der Waals surface area contributed by atoms with Gasteiger partial charge in [-0.2, -0.15) is 12.7 Å². The molecule has 0 aliphatic carbocycles. The zero-order chi connectivity index (χ0) is 21.9. The molecule has 3 rings (SSSR count). The summed E-state index contributed by atoms with van der Waals surface area (Å²) in [5.41, 5.74) is 1.54. The van der Waals surface area contributed by atoms with Crippen molar-refractivity contribution in [3.63, 3.8) is 0 Å². The van der Waals surface area contributed by atoms with E-state index in [1.165, 1.54) is 24.7 Å². The van der Waals surface area contributed by atoms with Crippen molar-refractivity contribution in [1.29, 1.82) is 0 Å². The van der Waals surface area contributed by atoms with Crippen molar-refractivity contribution in [3.8, 4) is 11.5 Å². The first kappa shape index (κ1) is 22.1. The van der Waals surface area contributed by atoms with Crippen LogP contribution in [-0.2, 0) is 14.9 Å². The fourth-order valence-corrected chi connectivity index (χ4v) is 4.30. The van der Waals surface area contributed by atoms with E-state index in [-0.39, 0.29) is 13.2 Å². The molecular weight excluding hydrogens is 412 g/mol. The van der Waals surface area contributed by atoms with Crippen LogP contribution in [0.2, 0.25) is 0 Å². The Kier molecular flexibility index (Phi) is 6.64. The quantitative estimate of drug-likeness (QED) is 0.666. The van der Waals surface area contributed by atoms with E-state index in [0.29, 0.717) is 59.7 Å². The zero-order valence-electron chi connectivity index (χ0n) is 17.3. The molecule has 10 nitrogen and oxygen atoms in total. The smallest absolute Gasteiger partial charge is 0.341 e. The number of esters is 1.